The Bertz CT molecular complexity index is 959. The number of carbonyl (C=O) groups is 1. The van der Waals surface area contributed by atoms with Gasteiger partial charge in [-0.25, -0.2) is 17.5 Å². The smallest absolute Gasteiger partial charge is 0.416 e. The van der Waals surface area contributed by atoms with Gasteiger partial charge in [0.2, 0.25) is 10.0 Å². The Kier molecular flexibility index (Phi) is 6.18. The van der Waals surface area contributed by atoms with Crippen LogP contribution in [0.3, 0.4) is 0 Å². The molecule has 0 bridgehead atoms. The molecule has 0 atom stereocenters. The molecule has 0 saturated heterocycles. The van der Waals surface area contributed by atoms with Crippen LogP contribution in [-0.4, -0.2) is 32.8 Å². The van der Waals surface area contributed by atoms with E-state index in [2.05, 4.69) is 0 Å². The van der Waals surface area contributed by atoms with Crippen molar-refractivity contribution in [3.8, 4) is 0 Å². The molecule has 2 rings (SSSR count). The molecule has 0 amide bonds. The maximum Gasteiger partial charge on any atom is 0.416 e. The SMILES string of the molecule is CN(C)S(=O)(=O)c1ccc(Cl)c(C(=O)OCc2ccccc2C(F)(F)F)c1. The zero-order valence-corrected chi connectivity index (χ0v) is 15.8. The standard InChI is InChI=1S/C17H15ClF3NO4S/c1-22(2)27(24,25)12-7-8-15(18)13(9-12)16(23)26-10-11-5-3-4-6-14(11)17(19,20)21/h3-9H,10H2,1-2H3. The lowest BCUT2D eigenvalue weighted by Gasteiger charge is -2.14. The average molecular weight is 422 g/mol. The zero-order valence-electron chi connectivity index (χ0n) is 14.2. The molecule has 2 aromatic carbocycles. The van der Waals surface area contributed by atoms with Gasteiger partial charge in [0.15, 0.2) is 0 Å². The van der Waals surface area contributed by atoms with E-state index < -0.39 is 34.3 Å². The number of hydrogen-bond acceptors (Lipinski definition) is 4. The van der Waals surface area contributed by atoms with Crippen LogP contribution in [-0.2, 0) is 27.5 Å². The first-order valence-electron chi connectivity index (χ1n) is 7.49. The van der Waals surface area contributed by atoms with Crippen LogP contribution in [0.1, 0.15) is 21.5 Å². The van der Waals surface area contributed by atoms with Crippen molar-refractivity contribution in [2.45, 2.75) is 17.7 Å². The summed E-state index contributed by atoms with van der Waals surface area (Å²) in [6, 6.07) is 8.11. The van der Waals surface area contributed by atoms with Gasteiger partial charge in [-0.2, -0.15) is 13.2 Å². The quantitative estimate of drug-likeness (QED) is 0.685. The van der Waals surface area contributed by atoms with Gasteiger partial charge in [-0.15, -0.1) is 0 Å². The van der Waals surface area contributed by atoms with E-state index in [4.69, 9.17) is 16.3 Å². The van der Waals surface area contributed by atoms with Crippen LogP contribution in [0.25, 0.3) is 0 Å². The number of halogens is 4. The van der Waals surface area contributed by atoms with Crippen molar-refractivity contribution in [1.82, 2.24) is 4.31 Å². The second-order valence-corrected chi connectivity index (χ2v) is 8.22. The van der Waals surface area contributed by atoms with Crippen LogP contribution in [0, 0.1) is 0 Å². The normalized spacial score (nSPS) is 12.3. The molecule has 0 unspecified atom stereocenters. The Hall–Kier alpha value is -2.10. The number of alkyl halides is 3. The minimum atomic E-state index is -4.60. The summed E-state index contributed by atoms with van der Waals surface area (Å²) in [5.41, 5.74) is -1.41. The fourth-order valence-electron chi connectivity index (χ4n) is 2.18. The molecule has 0 radical (unpaired) electrons. The number of sulfonamides is 1. The van der Waals surface area contributed by atoms with E-state index in [1.807, 2.05) is 0 Å². The molecule has 0 spiro atoms. The maximum atomic E-state index is 13.0. The summed E-state index contributed by atoms with van der Waals surface area (Å²) in [7, 11) is -1.19. The van der Waals surface area contributed by atoms with E-state index in [9.17, 15) is 26.4 Å². The fraction of sp³-hybridized carbons (Fsp3) is 0.235. The number of hydrogen-bond donors (Lipinski definition) is 0. The molecule has 0 aliphatic heterocycles. The fourth-order valence-corrected chi connectivity index (χ4v) is 3.30. The molecule has 0 heterocycles. The topological polar surface area (TPSA) is 63.7 Å². The van der Waals surface area contributed by atoms with Crippen LogP contribution in [0.5, 0.6) is 0 Å². The molecule has 0 saturated carbocycles. The summed E-state index contributed by atoms with van der Waals surface area (Å²) < 4.78 is 69.2. The third-order valence-electron chi connectivity index (χ3n) is 3.62. The minimum absolute atomic E-state index is 0.0817. The van der Waals surface area contributed by atoms with E-state index in [1.54, 1.807) is 0 Å². The van der Waals surface area contributed by atoms with E-state index in [1.165, 1.54) is 44.4 Å². The zero-order chi connectivity index (χ0) is 20.4. The van der Waals surface area contributed by atoms with Gasteiger partial charge in [0.25, 0.3) is 0 Å². The highest BCUT2D eigenvalue weighted by atomic mass is 35.5. The van der Waals surface area contributed by atoms with Crippen LogP contribution in [0.15, 0.2) is 47.4 Å². The Morgan fingerprint density at radius 3 is 2.37 bits per heavy atom. The molecule has 5 nitrogen and oxygen atoms in total. The summed E-state index contributed by atoms with van der Waals surface area (Å²) in [6.45, 7) is -0.643. The summed E-state index contributed by atoms with van der Waals surface area (Å²) in [4.78, 5) is 12.1. The lowest BCUT2D eigenvalue weighted by atomic mass is 10.1. The minimum Gasteiger partial charge on any atom is -0.457 e. The predicted octanol–water partition coefficient (Wildman–Crippen LogP) is 3.97. The van der Waals surface area contributed by atoms with Crippen molar-refractivity contribution < 1.29 is 31.1 Å². The first-order valence-corrected chi connectivity index (χ1v) is 9.30. The van der Waals surface area contributed by atoms with E-state index >= 15 is 0 Å². The number of rotatable bonds is 5. The summed E-state index contributed by atoms with van der Waals surface area (Å²) in [5.74, 6) is -1.03. The third kappa shape index (κ3) is 4.79. The van der Waals surface area contributed by atoms with Crippen LogP contribution < -0.4 is 0 Å². The van der Waals surface area contributed by atoms with E-state index in [0.29, 0.717) is 0 Å². The average Bonchev–Trinajstić information content (AvgIpc) is 2.59. The molecule has 27 heavy (non-hydrogen) atoms. The van der Waals surface area contributed by atoms with Crippen LogP contribution in [0.2, 0.25) is 5.02 Å². The highest BCUT2D eigenvalue weighted by molar-refractivity contribution is 7.89. The molecule has 2 aromatic rings. The Balaban J connectivity index is 2.28. The monoisotopic (exact) mass is 421 g/mol. The molecule has 0 aliphatic carbocycles. The summed E-state index contributed by atoms with van der Waals surface area (Å²) in [5, 5.41) is -0.0817. The number of ether oxygens (including phenoxy) is 1. The molecular weight excluding hydrogens is 407 g/mol. The van der Waals surface area contributed by atoms with Crippen LogP contribution >= 0.6 is 11.6 Å². The molecular formula is C17H15ClF3NO4S. The van der Waals surface area contributed by atoms with Gasteiger partial charge < -0.3 is 4.74 Å². The maximum absolute atomic E-state index is 13.0. The molecule has 0 fully saturated rings. The van der Waals surface area contributed by atoms with Gasteiger partial charge in [-0.3, -0.25) is 0 Å². The third-order valence-corrected chi connectivity index (χ3v) is 5.76. The van der Waals surface area contributed by atoms with Gasteiger partial charge >= 0.3 is 12.1 Å². The Labute approximate surface area is 159 Å². The van der Waals surface area contributed by atoms with Crippen molar-refractivity contribution in [3.05, 3.63) is 64.2 Å². The first-order chi connectivity index (χ1) is 12.4. The highest BCUT2D eigenvalue weighted by Crippen LogP contribution is 2.32. The largest absolute Gasteiger partial charge is 0.457 e. The second kappa shape index (κ2) is 7.87. The molecule has 0 aromatic heterocycles. The number of esters is 1. The van der Waals surface area contributed by atoms with Crippen molar-refractivity contribution in [2.24, 2.45) is 0 Å². The Morgan fingerprint density at radius 2 is 1.78 bits per heavy atom. The molecule has 10 heteroatoms. The number of nitrogens with zero attached hydrogens (tertiary/aromatic N) is 1. The highest BCUT2D eigenvalue weighted by Gasteiger charge is 2.33. The lowest BCUT2D eigenvalue weighted by Crippen LogP contribution is -2.22. The van der Waals surface area contributed by atoms with Crippen LogP contribution in [0.4, 0.5) is 13.2 Å². The van der Waals surface area contributed by atoms with Gasteiger partial charge in [-0.1, -0.05) is 29.8 Å². The van der Waals surface area contributed by atoms with Crippen molar-refractivity contribution in [1.29, 1.82) is 0 Å². The molecule has 0 aliphatic rings. The van der Waals surface area contributed by atoms with Gasteiger partial charge in [0.1, 0.15) is 6.61 Å². The number of benzene rings is 2. The summed E-state index contributed by atoms with van der Waals surface area (Å²) >= 11 is 5.92. The van der Waals surface area contributed by atoms with Gasteiger partial charge in [-0.05, 0) is 24.3 Å². The Morgan fingerprint density at radius 1 is 1.15 bits per heavy atom. The predicted molar refractivity (Wildman–Crippen MR) is 92.9 cm³/mol. The van der Waals surface area contributed by atoms with Crippen molar-refractivity contribution >= 4 is 27.6 Å². The number of carbonyl (C=O) groups excluding carboxylic acids is 1. The molecule has 146 valence electrons. The second-order valence-electron chi connectivity index (χ2n) is 5.66. The van der Waals surface area contributed by atoms with Crippen molar-refractivity contribution in [3.63, 3.8) is 0 Å². The van der Waals surface area contributed by atoms with Gasteiger partial charge in [0.05, 0.1) is 21.0 Å². The van der Waals surface area contributed by atoms with Gasteiger partial charge in [0, 0.05) is 19.7 Å². The van der Waals surface area contributed by atoms with Crippen molar-refractivity contribution in [2.75, 3.05) is 14.1 Å². The first kappa shape index (κ1) is 21.2. The lowest BCUT2D eigenvalue weighted by molar-refractivity contribution is -0.138. The van der Waals surface area contributed by atoms with E-state index in [0.717, 1.165) is 16.4 Å². The summed E-state index contributed by atoms with van der Waals surface area (Å²) in [6.07, 6.45) is -4.60. The van der Waals surface area contributed by atoms with E-state index in [-0.39, 0.29) is 21.0 Å². The molecule has 0 N–H and O–H groups in total.